The van der Waals surface area contributed by atoms with Gasteiger partial charge in [0, 0.05) is 11.6 Å². The van der Waals surface area contributed by atoms with Crippen molar-refractivity contribution in [2.45, 2.75) is 20.4 Å². The number of aryl methyl sites for hydroxylation is 2. The fourth-order valence-corrected chi connectivity index (χ4v) is 3.14. The minimum atomic E-state index is -0.149. The maximum atomic E-state index is 12.2. The Morgan fingerprint density at radius 2 is 2.17 bits per heavy atom. The number of rotatable bonds is 5. The van der Waals surface area contributed by atoms with E-state index in [0.29, 0.717) is 22.9 Å². The molecule has 1 aromatic carbocycles. The molecule has 0 atom stereocenters. The van der Waals surface area contributed by atoms with Crippen LogP contribution in [0.5, 0.6) is 5.75 Å². The molecule has 0 spiro atoms. The highest BCUT2D eigenvalue weighted by Gasteiger charge is 2.14. The van der Waals surface area contributed by atoms with Crippen molar-refractivity contribution < 1.29 is 14.1 Å². The summed E-state index contributed by atoms with van der Waals surface area (Å²) in [6, 6.07) is 9.33. The van der Waals surface area contributed by atoms with Crippen molar-refractivity contribution in [3.05, 3.63) is 51.6 Å². The quantitative estimate of drug-likeness (QED) is 0.769. The number of amides is 1. The molecule has 2 aromatic heterocycles. The SMILES string of the molecule is COc1cccc(-c2cc(CNC(=O)c3sc(C)nc3C)no2)c1. The predicted molar refractivity (Wildman–Crippen MR) is 91.2 cm³/mol. The van der Waals surface area contributed by atoms with Crippen LogP contribution in [-0.2, 0) is 6.54 Å². The summed E-state index contributed by atoms with van der Waals surface area (Å²) in [6.07, 6.45) is 0. The normalized spacial score (nSPS) is 10.6. The molecule has 0 unspecified atom stereocenters. The van der Waals surface area contributed by atoms with Crippen molar-refractivity contribution in [1.29, 1.82) is 0 Å². The van der Waals surface area contributed by atoms with Crippen LogP contribution in [0.3, 0.4) is 0 Å². The largest absolute Gasteiger partial charge is 0.497 e. The van der Waals surface area contributed by atoms with Gasteiger partial charge in [0.1, 0.15) is 16.3 Å². The number of thiazole rings is 1. The molecule has 0 aliphatic carbocycles. The standard InChI is InChI=1S/C17H17N3O3S/c1-10-16(24-11(2)19-10)17(21)18-9-13-8-15(23-20-13)12-5-4-6-14(7-12)22-3/h4-8H,9H2,1-3H3,(H,18,21). The minimum absolute atomic E-state index is 0.149. The molecule has 0 fully saturated rings. The molecule has 0 radical (unpaired) electrons. The summed E-state index contributed by atoms with van der Waals surface area (Å²) in [6.45, 7) is 4.00. The van der Waals surface area contributed by atoms with E-state index in [4.69, 9.17) is 9.26 Å². The van der Waals surface area contributed by atoms with E-state index in [2.05, 4.69) is 15.5 Å². The Balaban J connectivity index is 1.68. The number of benzene rings is 1. The molecule has 0 bridgehead atoms. The molecule has 124 valence electrons. The first-order valence-corrected chi connectivity index (χ1v) is 8.20. The Kier molecular flexibility index (Phi) is 4.61. The zero-order valence-corrected chi connectivity index (χ0v) is 14.4. The summed E-state index contributed by atoms with van der Waals surface area (Å²) in [5, 5.41) is 7.71. The number of hydrogen-bond donors (Lipinski definition) is 1. The highest BCUT2D eigenvalue weighted by atomic mass is 32.1. The number of ether oxygens (including phenoxy) is 1. The Bertz CT molecular complexity index is 870. The molecule has 1 N–H and O–H groups in total. The van der Waals surface area contributed by atoms with Crippen molar-refractivity contribution in [3.8, 4) is 17.1 Å². The third-order valence-corrected chi connectivity index (χ3v) is 4.52. The lowest BCUT2D eigenvalue weighted by Crippen LogP contribution is -2.22. The molecule has 0 saturated carbocycles. The maximum absolute atomic E-state index is 12.2. The third kappa shape index (κ3) is 3.46. The van der Waals surface area contributed by atoms with Crippen molar-refractivity contribution in [2.75, 3.05) is 7.11 Å². The first-order valence-electron chi connectivity index (χ1n) is 7.39. The average Bonchev–Trinajstić information content (AvgIpc) is 3.19. The third-order valence-electron chi connectivity index (χ3n) is 3.45. The molecule has 6 nitrogen and oxygen atoms in total. The summed E-state index contributed by atoms with van der Waals surface area (Å²) in [5.41, 5.74) is 2.26. The van der Waals surface area contributed by atoms with Gasteiger partial charge in [-0.2, -0.15) is 0 Å². The van der Waals surface area contributed by atoms with E-state index in [1.807, 2.05) is 38.1 Å². The lowest BCUT2D eigenvalue weighted by Gasteiger charge is -2.01. The topological polar surface area (TPSA) is 77.2 Å². The zero-order valence-electron chi connectivity index (χ0n) is 13.6. The number of hydrogen-bond acceptors (Lipinski definition) is 6. The van der Waals surface area contributed by atoms with Gasteiger partial charge in [-0.3, -0.25) is 4.79 Å². The van der Waals surface area contributed by atoms with Crippen molar-refractivity contribution in [2.24, 2.45) is 0 Å². The first kappa shape index (κ1) is 16.2. The van der Waals surface area contributed by atoms with E-state index in [-0.39, 0.29) is 5.91 Å². The molecular formula is C17H17N3O3S. The molecule has 3 rings (SSSR count). The van der Waals surface area contributed by atoms with Gasteiger partial charge in [-0.25, -0.2) is 4.98 Å². The van der Waals surface area contributed by atoms with E-state index in [1.54, 1.807) is 13.2 Å². The Labute approximate surface area is 143 Å². The van der Waals surface area contributed by atoms with Crippen molar-refractivity contribution in [3.63, 3.8) is 0 Å². The Morgan fingerprint density at radius 3 is 2.88 bits per heavy atom. The van der Waals surface area contributed by atoms with Crippen LogP contribution in [0.15, 0.2) is 34.9 Å². The first-order chi connectivity index (χ1) is 11.6. The highest BCUT2D eigenvalue weighted by Crippen LogP contribution is 2.24. The van der Waals surface area contributed by atoms with Gasteiger partial charge in [-0.1, -0.05) is 17.3 Å². The summed E-state index contributed by atoms with van der Waals surface area (Å²) in [5.74, 6) is 1.22. The zero-order chi connectivity index (χ0) is 17.1. The monoisotopic (exact) mass is 343 g/mol. The molecule has 0 aliphatic heterocycles. The van der Waals surface area contributed by atoms with Crippen LogP contribution in [-0.4, -0.2) is 23.2 Å². The van der Waals surface area contributed by atoms with Crippen LogP contribution in [0.1, 0.15) is 26.1 Å². The molecule has 3 aromatic rings. The smallest absolute Gasteiger partial charge is 0.263 e. The number of carbonyl (C=O) groups is 1. The van der Waals surface area contributed by atoms with Gasteiger partial charge in [-0.15, -0.1) is 11.3 Å². The van der Waals surface area contributed by atoms with Crippen LogP contribution in [0.2, 0.25) is 0 Å². The molecule has 0 aliphatic rings. The van der Waals surface area contributed by atoms with Gasteiger partial charge in [0.15, 0.2) is 5.76 Å². The highest BCUT2D eigenvalue weighted by molar-refractivity contribution is 7.13. The lowest BCUT2D eigenvalue weighted by atomic mass is 10.1. The molecule has 1 amide bonds. The van der Waals surface area contributed by atoms with Crippen LogP contribution in [0.4, 0.5) is 0 Å². The minimum Gasteiger partial charge on any atom is -0.497 e. The maximum Gasteiger partial charge on any atom is 0.263 e. The van der Waals surface area contributed by atoms with Gasteiger partial charge in [-0.05, 0) is 26.0 Å². The van der Waals surface area contributed by atoms with Gasteiger partial charge in [0.05, 0.1) is 24.4 Å². The number of nitrogens with zero attached hydrogens (tertiary/aromatic N) is 2. The lowest BCUT2D eigenvalue weighted by molar-refractivity contribution is 0.0953. The van der Waals surface area contributed by atoms with Crippen molar-refractivity contribution >= 4 is 17.2 Å². The number of nitrogens with one attached hydrogen (secondary N) is 1. The average molecular weight is 343 g/mol. The summed E-state index contributed by atoms with van der Waals surface area (Å²) in [4.78, 5) is 17.1. The summed E-state index contributed by atoms with van der Waals surface area (Å²) >= 11 is 1.38. The van der Waals surface area contributed by atoms with Crippen LogP contribution in [0.25, 0.3) is 11.3 Å². The van der Waals surface area contributed by atoms with E-state index in [0.717, 1.165) is 22.0 Å². The molecule has 0 saturated heterocycles. The Morgan fingerprint density at radius 1 is 1.33 bits per heavy atom. The van der Waals surface area contributed by atoms with Crippen LogP contribution >= 0.6 is 11.3 Å². The van der Waals surface area contributed by atoms with E-state index in [1.165, 1.54) is 11.3 Å². The van der Waals surface area contributed by atoms with Gasteiger partial charge in [0.2, 0.25) is 0 Å². The summed E-state index contributed by atoms with van der Waals surface area (Å²) < 4.78 is 10.5. The van der Waals surface area contributed by atoms with E-state index < -0.39 is 0 Å². The fraction of sp³-hybridized carbons (Fsp3) is 0.235. The van der Waals surface area contributed by atoms with Crippen molar-refractivity contribution in [1.82, 2.24) is 15.5 Å². The Hall–Kier alpha value is -2.67. The molecule has 2 heterocycles. The van der Waals surface area contributed by atoms with Gasteiger partial charge >= 0.3 is 0 Å². The molecular weight excluding hydrogens is 326 g/mol. The van der Waals surface area contributed by atoms with Crippen LogP contribution in [0, 0.1) is 13.8 Å². The number of carbonyl (C=O) groups excluding carboxylic acids is 1. The number of methoxy groups -OCH3 is 1. The van der Waals surface area contributed by atoms with Crippen LogP contribution < -0.4 is 10.1 Å². The fourth-order valence-electron chi connectivity index (χ4n) is 2.30. The number of aromatic nitrogens is 2. The predicted octanol–water partition coefficient (Wildman–Crippen LogP) is 3.35. The second-order valence-electron chi connectivity index (χ2n) is 5.24. The second kappa shape index (κ2) is 6.84. The molecule has 7 heteroatoms. The molecule has 24 heavy (non-hydrogen) atoms. The second-order valence-corrected chi connectivity index (χ2v) is 6.45. The summed E-state index contributed by atoms with van der Waals surface area (Å²) in [7, 11) is 1.61. The van der Waals surface area contributed by atoms with E-state index in [9.17, 15) is 4.79 Å². The van der Waals surface area contributed by atoms with E-state index >= 15 is 0 Å². The van der Waals surface area contributed by atoms with Gasteiger partial charge < -0.3 is 14.6 Å². The van der Waals surface area contributed by atoms with Gasteiger partial charge in [0.25, 0.3) is 5.91 Å².